The Balaban J connectivity index is 3.04. The molecule has 0 N–H and O–H groups in total. The molecule has 156 valence electrons. The predicted molar refractivity (Wildman–Crippen MR) is 121 cm³/mol. The first kappa shape index (κ1) is 23.5. The number of nitriles is 4. The lowest BCUT2D eigenvalue weighted by Gasteiger charge is -2.15. The molecule has 0 saturated carbocycles. The molecule has 0 heterocycles. The molecule has 2 aromatic rings. The van der Waals surface area contributed by atoms with Gasteiger partial charge < -0.3 is 9.47 Å². The highest BCUT2D eigenvalue weighted by molar-refractivity contribution is 6.01. The van der Waals surface area contributed by atoms with Crippen LogP contribution in [0.5, 0.6) is 11.5 Å². The summed E-state index contributed by atoms with van der Waals surface area (Å²) in [6, 6.07) is 18.4. The number of nitrogens with zero attached hydrogens (tertiary/aromatic N) is 4. The Hall–Kier alpha value is -4.78. The second-order valence-electron chi connectivity index (χ2n) is 6.76. The van der Waals surface area contributed by atoms with Crippen molar-refractivity contribution in [2.75, 3.05) is 14.2 Å². The van der Waals surface area contributed by atoms with Gasteiger partial charge in [-0.1, -0.05) is 18.2 Å². The molecule has 0 atom stereocenters. The van der Waals surface area contributed by atoms with E-state index in [1.54, 1.807) is 32.4 Å². The molecule has 0 aliphatic carbocycles. The predicted octanol–water partition coefficient (Wildman–Crippen LogP) is 5.18. The monoisotopic (exact) mass is 420 g/mol. The van der Waals surface area contributed by atoms with Gasteiger partial charge in [-0.05, 0) is 77.6 Å². The van der Waals surface area contributed by atoms with Crippen LogP contribution in [0, 0.1) is 59.2 Å². The van der Waals surface area contributed by atoms with Crippen molar-refractivity contribution in [1.82, 2.24) is 0 Å². The lowest BCUT2D eigenvalue weighted by Crippen LogP contribution is -1.96. The summed E-state index contributed by atoms with van der Waals surface area (Å²) >= 11 is 0. The average molecular weight is 420 g/mol. The molecule has 0 radical (unpaired) electrons. The number of rotatable bonds is 6. The van der Waals surface area contributed by atoms with Crippen molar-refractivity contribution < 1.29 is 9.47 Å². The third kappa shape index (κ3) is 5.22. The Morgan fingerprint density at radius 3 is 1.56 bits per heavy atom. The highest BCUT2D eigenvalue weighted by Crippen LogP contribution is 2.34. The highest BCUT2D eigenvalue weighted by Gasteiger charge is 2.14. The number of hydrogen-bond donors (Lipinski definition) is 0. The standard InChI is InChI=1S/C26H20N4O2/c1-17-5-6-22(12-26(17)32-4)24(11-20(15-29)16-30)23(10-19(13-27)14-28)21-7-8-25(31-3)18(2)9-21/h5-12H,1-4H3/b24-23+. The van der Waals surface area contributed by atoms with Crippen molar-refractivity contribution in [2.24, 2.45) is 0 Å². The van der Waals surface area contributed by atoms with Crippen molar-refractivity contribution in [2.45, 2.75) is 13.8 Å². The molecule has 6 heteroatoms. The maximum absolute atomic E-state index is 9.38. The van der Waals surface area contributed by atoms with Gasteiger partial charge in [-0.15, -0.1) is 0 Å². The van der Waals surface area contributed by atoms with E-state index in [0.29, 0.717) is 33.8 Å². The zero-order valence-electron chi connectivity index (χ0n) is 18.2. The van der Waals surface area contributed by atoms with Crippen molar-refractivity contribution in [3.8, 4) is 35.8 Å². The van der Waals surface area contributed by atoms with E-state index < -0.39 is 0 Å². The van der Waals surface area contributed by atoms with Gasteiger partial charge in [0.05, 0.1) is 14.2 Å². The normalized spacial score (nSPS) is 10.2. The molecule has 0 fully saturated rings. The molecule has 0 spiro atoms. The van der Waals surface area contributed by atoms with E-state index in [-0.39, 0.29) is 11.1 Å². The first-order chi connectivity index (χ1) is 15.4. The van der Waals surface area contributed by atoms with Gasteiger partial charge in [0.1, 0.15) is 46.9 Å². The first-order valence-electron chi connectivity index (χ1n) is 9.50. The van der Waals surface area contributed by atoms with E-state index in [0.717, 1.165) is 11.1 Å². The number of ether oxygens (including phenoxy) is 2. The van der Waals surface area contributed by atoms with Crippen LogP contribution in [0.4, 0.5) is 0 Å². The molecule has 6 nitrogen and oxygen atoms in total. The number of hydrogen-bond acceptors (Lipinski definition) is 6. The Morgan fingerprint density at radius 1 is 0.656 bits per heavy atom. The molecule has 32 heavy (non-hydrogen) atoms. The van der Waals surface area contributed by atoms with Gasteiger partial charge in [-0.2, -0.15) is 21.0 Å². The molecule has 2 aromatic carbocycles. The fraction of sp³-hybridized carbons (Fsp3) is 0.154. The third-order valence-corrected chi connectivity index (χ3v) is 4.77. The smallest absolute Gasteiger partial charge is 0.130 e. The van der Waals surface area contributed by atoms with Crippen LogP contribution in [-0.4, -0.2) is 14.2 Å². The van der Waals surface area contributed by atoms with Crippen LogP contribution in [0.2, 0.25) is 0 Å². The molecule has 0 aromatic heterocycles. The summed E-state index contributed by atoms with van der Waals surface area (Å²) in [5.74, 6) is 1.31. The number of aryl methyl sites for hydroxylation is 2. The van der Waals surface area contributed by atoms with E-state index >= 15 is 0 Å². The highest BCUT2D eigenvalue weighted by atomic mass is 16.5. The topological polar surface area (TPSA) is 114 Å². The third-order valence-electron chi connectivity index (χ3n) is 4.77. The zero-order chi connectivity index (χ0) is 23.7. The molecule has 2 rings (SSSR count). The van der Waals surface area contributed by atoms with E-state index in [2.05, 4.69) is 0 Å². The number of methoxy groups -OCH3 is 2. The van der Waals surface area contributed by atoms with Gasteiger partial charge in [0.25, 0.3) is 0 Å². The lowest BCUT2D eigenvalue weighted by atomic mass is 9.90. The van der Waals surface area contributed by atoms with Gasteiger partial charge in [-0.25, -0.2) is 0 Å². The minimum absolute atomic E-state index is 0.117. The molecular weight excluding hydrogens is 400 g/mol. The summed E-state index contributed by atoms with van der Waals surface area (Å²) in [6.07, 6.45) is 2.90. The maximum Gasteiger partial charge on any atom is 0.130 e. The average Bonchev–Trinajstić information content (AvgIpc) is 2.82. The summed E-state index contributed by atoms with van der Waals surface area (Å²) in [5, 5.41) is 37.5. The van der Waals surface area contributed by atoms with Crippen molar-refractivity contribution >= 4 is 11.1 Å². The second kappa shape index (κ2) is 10.8. The van der Waals surface area contributed by atoms with Crippen LogP contribution in [-0.2, 0) is 0 Å². The van der Waals surface area contributed by atoms with Crippen LogP contribution in [0.1, 0.15) is 22.3 Å². The van der Waals surface area contributed by atoms with Crippen LogP contribution < -0.4 is 9.47 Å². The van der Waals surface area contributed by atoms with Gasteiger partial charge in [-0.3, -0.25) is 0 Å². The van der Waals surface area contributed by atoms with Crippen molar-refractivity contribution in [3.05, 3.63) is 82.0 Å². The Bertz CT molecular complexity index is 1270. The van der Waals surface area contributed by atoms with Crippen LogP contribution in [0.3, 0.4) is 0 Å². The van der Waals surface area contributed by atoms with Gasteiger partial charge in [0.2, 0.25) is 0 Å². The second-order valence-corrected chi connectivity index (χ2v) is 6.76. The van der Waals surface area contributed by atoms with Crippen molar-refractivity contribution in [1.29, 1.82) is 21.0 Å². The summed E-state index contributed by atoms with van der Waals surface area (Å²) in [6.45, 7) is 3.77. The summed E-state index contributed by atoms with van der Waals surface area (Å²) in [5.41, 5.74) is 3.86. The molecule has 0 aliphatic rings. The van der Waals surface area contributed by atoms with E-state index in [4.69, 9.17) is 9.47 Å². The van der Waals surface area contributed by atoms with Gasteiger partial charge in [0, 0.05) is 0 Å². The maximum atomic E-state index is 9.38. The lowest BCUT2D eigenvalue weighted by molar-refractivity contribution is 0.411. The molecule has 0 saturated heterocycles. The Kier molecular flexibility index (Phi) is 7.96. The zero-order valence-corrected chi connectivity index (χ0v) is 18.2. The van der Waals surface area contributed by atoms with E-state index in [9.17, 15) is 21.0 Å². The molecule has 0 unspecified atom stereocenters. The largest absolute Gasteiger partial charge is 0.496 e. The minimum Gasteiger partial charge on any atom is -0.496 e. The first-order valence-corrected chi connectivity index (χ1v) is 9.50. The molecule has 0 aliphatic heterocycles. The summed E-state index contributed by atoms with van der Waals surface area (Å²) < 4.78 is 10.8. The minimum atomic E-state index is -0.119. The Labute approximate surface area is 187 Å². The van der Waals surface area contributed by atoms with Crippen LogP contribution >= 0.6 is 0 Å². The van der Waals surface area contributed by atoms with Gasteiger partial charge in [0.15, 0.2) is 0 Å². The fourth-order valence-electron chi connectivity index (χ4n) is 3.13. The summed E-state index contributed by atoms with van der Waals surface area (Å²) in [4.78, 5) is 0. The van der Waals surface area contributed by atoms with E-state index in [1.807, 2.05) is 56.3 Å². The quantitative estimate of drug-likeness (QED) is 0.361. The summed E-state index contributed by atoms with van der Waals surface area (Å²) in [7, 11) is 3.12. The van der Waals surface area contributed by atoms with Crippen LogP contribution in [0.25, 0.3) is 11.1 Å². The van der Waals surface area contributed by atoms with Crippen molar-refractivity contribution in [3.63, 3.8) is 0 Å². The van der Waals surface area contributed by atoms with E-state index in [1.165, 1.54) is 12.2 Å². The fourth-order valence-corrected chi connectivity index (χ4v) is 3.13. The Morgan fingerprint density at radius 2 is 1.12 bits per heavy atom. The number of allylic oxidation sites excluding steroid dienone is 6. The SMILES string of the molecule is COc1ccc(/C(C=C(C#N)C#N)=C(\C=C(C#N)C#N)c2ccc(C)c(OC)c2)cc1C. The molecular formula is C26H20N4O2. The number of benzene rings is 2. The molecule has 0 amide bonds. The van der Waals surface area contributed by atoms with Crippen LogP contribution in [0.15, 0.2) is 59.7 Å². The van der Waals surface area contributed by atoms with Gasteiger partial charge >= 0.3 is 0 Å². The molecule has 0 bridgehead atoms.